The van der Waals surface area contributed by atoms with Gasteiger partial charge in [0.15, 0.2) is 18.4 Å². The first-order valence-electron chi connectivity index (χ1n) is 23.2. The molecule has 0 aromatic heterocycles. The third-order valence-electron chi connectivity index (χ3n) is 14.9. The minimum Gasteiger partial charge on any atom is -0.462 e. The summed E-state index contributed by atoms with van der Waals surface area (Å²) in [6.45, 7) is 16.3. The summed E-state index contributed by atoms with van der Waals surface area (Å²) in [5.41, 5.74) is 0.188. The maximum absolute atomic E-state index is 14.4. The Morgan fingerprint density at radius 2 is 1.63 bits per heavy atom. The zero-order chi connectivity index (χ0) is 44.7. The van der Waals surface area contributed by atoms with Gasteiger partial charge in [-0.1, -0.05) is 64.5 Å². The van der Waals surface area contributed by atoms with E-state index in [2.05, 4.69) is 40.7 Å². The second-order valence-electron chi connectivity index (χ2n) is 19.4. The lowest BCUT2D eigenvalue weighted by Gasteiger charge is -2.51. The van der Waals surface area contributed by atoms with Crippen LogP contribution in [0.5, 0.6) is 0 Å². The number of aliphatic hydroxyl groups is 3. The quantitative estimate of drug-likeness (QED) is 0.204. The van der Waals surface area contributed by atoms with E-state index in [0.717, 1.165) is 18.4 Å². The van der Waals surface area contributed by atoms with Crippen molar-refractivity contribution in [2.75, 3.05) is 20.8 Å². The summed E-state index contributed by atoms with van der Waals surface area (Å²) in [5.74, 6) is -2.10. The van der Waals surface area contributed by atoms with Crippen LogP contribution in [0.15, 0.2) is 47.1 Å². The van der Waals surface area contributed by atoms with Crippen LogP contribution >= 0.6 is 0 Å². The molecule has 5 fully saturated rings. The van der Waals surface area contributed by atoms with Crippen LogP contribution in [0.4, 0.5) is 0 Å². The smallest absolute Gasteiger partial charge is 0.316 e. The van der Waals surface area contributed by atoms with Crippen LogP contribution in [0.1, 0.15) is 107 Å². The lowest BCUT2D eigenvalue weighted by molar-refractivity contribution is -0.340. The monoisotopic (exact) mass is 875 g/mol. The summed E-state index contributed by atoms with van der Waals surface area (Å²) in [4.78, 5) is 14.4. The average molecular weight is 875 g/mol. The molecule has 1 unspecified atom stereocenters. The van der Waals surface area contributed by atoms with Gasteiger partial charge in [0.25, 0.3) is 0 Å². The zero-order valence-corrected chi connectivity index (χ0v) is 38.5. The molecule has 6 heterocycles. The number of esters is 1. The fourth-order valence-corrected chi connectivity index (χ4v) is 11.0. The van der Waals surface area contributed by atoms with Gasteiger partial charge in [0.2, 0.25) is 0 Å². The van der Waals surface area contributed by atoms with Crippen molar-refractivity contribution in [3.05, 3.63) is 47.1 Å². The topological polar surface area (TPSA) is 170 Å². The van der Waals surface area contributed by atoms with E-state index >= 15 is 0 Å². The second kappa shape index (κ2) is 19.8. The number of ether oxygens (including phenoxy) is 10. The normalized spacial score (nSPS) is 49.4. The minimum absolute atomic E-state index is 0.00708. The van der Waals surface area contributed by atoms with Gasteiger partial charge in [0, 0.05) is 52.2 Å². The van der Waals surface area contributed by atoms with Gasteiger partial charge in [-0.15, -0.1) is 0 Å². The molecule has 350 valence electrons. The Labute approximate surface area is 368 Å². The fraction of sp³-hybridized carbons (Fsp3) is 0.812. The van der Waals surface area contributed by atoms with Crippen LogP contribution in [0.2, 0.25) is 0 Å². The van der Waals surface area contributed by atoms with Crippen molar-refractivity contribution in [1.29, 1.82) is 0 Å². The zero-order valence-electron chi connectivity index (χ0n) is 38.5. The van der Waals surface area contributed by atoms with Gasteiger partial charge in [0.05, 0.1) is 49.3 Å². The highest BCUT2D eigenvalue weighted by atomic mass is 16.7. The maximum atomic E-state index is 14.4. The molecule has 6 aliphatic heterocycles. The van der Waals surface area contributed by atoms with Crippen molar-refractivity contribution in [1.82, 2.24) is 0 Å². The van der Waals surface area contributed by atoms with Gasteiger partial charge in [-0.25, -0.2) is 0 Å². The number of aliphatic hydroxyl groups excluding tert-OH is 2. The van der Waals surface area contributed by atoms with E-state index in [9.17, 15) is 20.1 Å². The summed E-state index contributed by atoms with van der Waals surface area (Å²) in [5, 5.41) is 34.2. The predicted molar refractivity (Wildman–Crippen MR) is 227 cm³/mol. The first kappa shape index (κ1) is 47.9. The van der Waals surface area contributed by atoms with Crippen LogP contribution in [-0.2, 0) is 52.2 Å². The van der Waals surface area contributed by atoms with E-state index in [4.69, 9.17) is 47.4 Å². The van der Waals surface area contributed by atoms with E-state index in [1.807, 2.05) is 19.1 Å². The van der Waals surface area contributed by atoms with E-state index in [1.54, 1.807) is 40.2 Å². The summed E-state index contributed by atoms with van der Waals surface area (Å²) >= 11 is 0. The molecular formula is C48H74O14. The van der Waals surface area contributed by atoms with Gasteiger partial charge in [0.1, 0.15) is 42.0 Å². The molecule has 0 radical (unpaired) electrons. The van der Waals surface area contributed by atoms with Crippen molar-refractivity contribution in [2.45, 2.75) is 204 Å². The largest absolute Gasteiger partial charge is 0.462 e. The molecule has 0 amide bonds. The van der Waals surface area contributed by atoms with Crippen LogP contribution in [0.3, 0.4) is 0 Å². The molecule has 20 atom stereocenters. The fourth-order valence-electron chi connectivity index (χ4n) is 11.0. The molecule has 5 saturated heterocycles. The molecule has 7 rings (SSSR count). The minimum atomic E-state index is -1.82. The second-order valence-corrected chi connectivity index (χ2v) is 19.4. The molecule has 1 spiro atoms. The van der Waals surface area contributed by atoms with Gasteiger partial charge < -0.3 is 62.7 Å². The van der Waals surface area contributed by atoms with Crippen LogP contribution in [-0.4, -0.2) is 139 Å². The van der Waals surface area contributed by atoms with Gasteiger partial charge in [-0.2, -0.15) is 0 Å². The molecule has 14 heteroatoms. The van der Waals surface area contributed by atoms with E-state index in [-0.39, 0.29) is 30.8 Å². The Balaban J connectivity index is 1.18. The van der Waals surface area contributed by atoms with Gasteiger partial charge in [-0.05, 0) is 69.1 Å². The van der Waals surface area contributed by atoms with Crippen molar-refractivity contribution < 1.29 is 67.5 Å². The van der Waals surface area contributed by atoms with E-state index < -0.39 is 90.8 Å². The highest BCUT2D eigenvalue weighted by Gasteiger charge is 2.60. The molecule has 1 aliphatic carbocycles. The molecule has 62 heavy (non-hydrogen) atoms. The number of carbonyl (C=O) groups excluding carboxylic acids is 1. The van der Waals surface area contributed by atoms with E-state index in [1.165, 1.54) is 0 Å². The molecule has 0 aromatic carbocycles. The lowest BCUT2D eigenvalue weighted by Crippen LogP contribution is -2.58. The number of fused-ring (bicyclic) bond motifs is 2. The van der Waals surface area contributed by atoms with Crippen LogP contribution < -0.4 is 0 Å². The Morgan fingerprint density at radius 1 is 0.919 bits per heavy atom. The third kappa shape index (κ3) is 9.73. The van der Waals surface area contributed by atoms with Crippen molar-refractivity contribution in [2.24, 2.45) is 23.7 Å². The number of methoxy groups -OCH3 is 2. The number of hydrogen-bond donors (Lipinski definition) is 3. The Kier molecular flexibility index (Phi) is 15.3. The predicted octanol–water partition coefficient (Wildman–Crippen LogP) is 5.60. The van der Waals surface area contributed by atoms with Crippen LogP contribution in [0, 0.1) is 23.7 Å². The van der Waals surface area contributed by atoms with Crippen molar-refractivity contribution in [3.63, 3.8) is 0 Å². The molecule has 0 aromatic rings. The number of allylic oxidation sites excluding steroid dienone is 2. The first-order chi connectivity index (χ1) is 29.5. The highest BCUT2D eigenvalue weighted by Crippen LogP contribution is 2.48. The molecular weight excluding hydrogens is 801 g/mol. The number of hydrogen-bond acceptors (Lipinski definition) is 14. The summed E-state index contributed by atoms with van der Waals surface area (Å²) in [6, 6.07) is 0. The summed E-state index contributed by atoms with van der Waals surface area (Å²) < 4.78 is 63.9. The summed E-state index contributed by atoms with van der Waals surface area (Å²) in [6.07, 6.45) is 6.53. The Hall–Kier alpha value is -2.05. The summed E-state index contributed by atoms with van der Waals surface area (Å²) in [7, 11) is 3.23. The molecule has 7 aliphatic rings. The van der Waals surface area contributed by atoms with Crippen LogP contribution in [0.25, 0.3) is 0 Å². The third-order valence-corrected chi connectivity index (χ3v) is 14.9. The van der Waals surface area contributed by atoms with Gasteiger partial charge in [-0.3, -0.25) is 4.79 Å². The molecule has 2 bridgehead atoms. The number of carbonyl (C=O) groups is 1. The van der Waals surface area contributed by atoms with E-state index in [0.29, 0.717) is 61.5 Å². The molecule has 3 N–H and O–H groups in total. The maximum Gasteiger partial charge on any atom is 0.316 e. The lowest BCUT2D eigenvalue weighted by atomic mass is 9.71. The molecule has 0 saturated carbocycles. The average Bonchev–Trinajstić information content (AvgIpc) is 3.58. The van der Waals surface area contributed by atoms with Gasteiger partial charge >= 0.3 is 5.97 Å². The highest BCUT2D eigenvalue weighted by molar-refractivity contribution is 5.78. The first-order valence-corrected chi connectivity index (χ1v) is 23.2. The van der Waals surface area contributed by atoms with Crippen molar-refractivity contribution in [3.8, 4) is 0 Å². The molecule has 14 nitrogen and oxygen atoms in total. The standard InChI is InChI=1S/C48H74O14/c1-11-25(2)43-28(5)17-18-47(62-43)23-34-20-33(61-47)16-15-27(4)42(26(3)13-12-14-32-24-55-45-40(49)29(6)19-35(46(51)58-34)48(32,45)52)59-39-22-37(54-10)44(31(8)57-39)60-38-21-36(53-9)41(50)30(7)56-38/h12-15,19,25-26,28,30-31,33-45,49-50,52H,11,16-18,20-24H2,1-10H3/b13-12+,27-15+,32-14+/t25?,26-,28-,30-,31-,33+,34-,35-,36-,37-,38-,39+,40+,41-,42-,43+,44+,45+,47+,48+/m0/s1. The SMILES string of the molecule is CCC(C)[C@H]1O[C@]2(CC[C@@H]1C)C[C@@H]1C[C@@H](C/C=C(\C)[C@@H](O[C@@H]3C[C@H](OC)[C@H](O[C@H]4C[C@H](OC)[C@@H](O)[C@H](C)O4)[C@H](C)O3)[C@@H](C)/C=C/C=C3\CO[C@@H]4[C@H](O)C(C)=C[C@@H](C(=O)O1)[C@]34O)O2. The van der Waals surface area contributed by atoms with Crippen molar-refractivity contribution >= 4 is 5.97 Å². The Morgan fingerprint density at radius 3 is 2.35 bits per heavy atom. The Bertz CT molecular complexity index is 1680. The number of rotatable bonds is 8.